The molecular formula is C26H35ClN4O2. The number of aromatic nitrogens is 2. The molecule has 0 radical (unpaired) electrons. The number of aliphatic hydroxyl groups excluding tert-OH is 1. The number of likely N-dealkylation sites (tertiary alicyclic amines) is 1. The van der Waals surface area contributed by atoms with Crippen molar-refractivity contribution in [3.8, 4) is 0 Å². The number of benzene rings is 2. The molecule has 1 atom stereocenters. The van der Waals surface area contributed by atoms with E-state index in [0.29, 0.717) is 18.1 Å². The Balaban J connectivity index is 0.00000149. The van der Waals surface area contributed by atoms with Crippen molar-refractivity contribution in [1.29, 1.82) is 0 Å². The second kappa shape index (κ2) is 10.6. The molecule has 1 aromatic heterocycles. The van der Waals surface area contributed by atoms with E-state index in [0.717, 1.165) is 40.6 Å². The van der Waals surface area contributed by atoms with Crippen molar-refractivity contribution in [2.24, 2.45) is 11.3 Å². The van der Waals surface area contributed by atoms with Gasteiger partial charge in [0.1, 0.15) is 0 Å². The Labute approximate surface area is 201 Å². The molecule has 0 saturated carbocycles. The molecule has 4 rings (SSSR count). The van der Waals surface area contributed by atoms with E-state index in [-0.39, 0.29) is 17.4 Å². The molecule has 1 saturated heterocycles. The zero-order valence-electron chi connectivity index (χ0n) is 20.2. The molecule has 1 aliphatic rings. The van der Waals surface area contributed by atoms with E-state index in [1.807, 2.05) is 62.1 Å². The summed E-state index contributed by atoms with van der Waals surface area (Å²) in [4.78, 5) is 14.5. The number of carbonyl (C=O) groups excluding carboxylic acids is 1. The predicted octanol–water partition coefficient (Wildman–Crippen LogP) is 6.55. The second-order valence-electron chi connectivity index (χ2n) is 9.11. The van der Waals surface area contributed by atoms with Crippen molar-refractivity contribution in [1.82, 2.24) is 15.1 Å². The van der Waals surface area contributed by atoms with Crippen molar-refractivity contribution in [2.45, 2.75) is 53.6 Å². The van der Waals surface area contributed by atoms with Crippen LogP contribution in [0.2, 0.25) is 5.02 Å². The fourth-order valence-electron chi connectivity index (χ4n) is 4.55. The smallest absolute Gasteiger partial charge is 0.321 e. The van der Waals surface area contributed by atoms with Gasteiger partial charge in [0.25, 0.3) is 0 Å². The highest BCUT2D eigenvalue weighted by Crippen LogP contribution is 2.46. The number of hydrogen-bond acceptors (Lipinski definition) is 3. The third-order valence-corrected chi connectivity index (χ3v) is 6.90. The predicted molar refractivity (Wildman–Crippen MR) is 136 cm³/mol. The molecule has 0 spiro atoms. The first-order valence-electron chi connectivity index (χ1n) is 11.7. The van der Waals surface area contributed by atoms with Crippen LogP contribution in [0.25, 0.3) is 10.9 Å². The molecule has 3 N–H and O–H groups in total. The quantitative estimate of drug-likeness (QED) is 0.404. The molecule has 33 heavy (non-hydrogen) atoms. The first-order valence-corrected chi connectivity index (χ1v) is 12.1. The van der Waals surface area contributed by atoms with E-state index in [1.54, 1.807) is 6.20 Å². The van der Waals surface area contributed by atoms with Crippen LogP contribution < -0.4 is 5.32 Å². The van der Waals surface area contributed by atoms with Crippen LogP contribution in [0.3, 0.4) is 0 Å². The number of aromatic amines is 1. The van der Waals surface area contributed by atoms with Gasteiger partial charge in [-0.25, -0.2) is 4.79 Å². The van der Waals surface area contributed by atoms with Crippen LogP contribution >= 0.6 is 11.6 Å². The molecule has 3 aromatic rings. The number of anilines is 1. The summed E-state index contributed by atoms with van der Waals surface area (Å²) in [6, 6.07) is 11.4. The number of rotatable bonds is 4. The Bertz CT molecular complexity index is 1070. The second-order valence-corrected chi connectivity index (χ2v) is 9.55. The fraction of sp³-hybridized carbons (Fsp3) is 0.462. The Hall–Kier alpha value is -2.57. The molecule has 6 nitrogen and oxygen atoms in total. The van der Waals surface area contributed by atoms with Gasteiger partial charge >= 0.3 is 6.03 Å². The third-order valence-electron chi connectivity index (χ3n) is 6.68. The normalized spacial score (nSPS) is 15.7. The van der Waals surface area contributed by atoms with Crippen molar-refractivity contribution in [2.75, 3.05) is 18.4 Å². The van der Waals surface area contributed by atoms with E-state index in [2.05, 4.69) is 29.4 Å². The minimum absolute atomic E-state index is 0.0744. The van der Waals surface area contributed by atoms with Gasteiger partial charge in [0.2, 0.25) is 0 Å². The van der Waals surface area contributed by atoms with Crippen molar-refractivity contribution >= 4 is 34.2 Å². The number of hydrogen-bond donors (Lipinski definition) is 3. The van der Waals surface area contributed by atoms with E-state index >= 15 is 0 Å². The summed E-state index contributed by atoms with van der Waals surface area (Å²) < 4.78 is 0. The van der Waals surface area contributed by atoms with Crippen LogP contribution in [0.4, 0.5) is 10.5 Å². The number of carbonyl (C=O) groups is 1. The van der Waals surface area contributed by atoms with Crippen LogP contribution in [0.5, 0.6) is 0 Å². The van der Waals surface area contributed by atoms with Crippen LogP contribution in [-0.4, -0.2) is 39.3 Å². The number of H-pyrrole nitrogens is 1. The van der Waals surface area contributed by atoms with Crippen LogP contribution in [0.1, 0.15) is 57.8 Å². The number of halogens is 1. The largest absolute Gasteiger partial charge is 0.388 e. The SMILES string of the molecule is CC.Cc1ccc(NC(=O)N2CCC(C(C)(C)C(O)c3cc(Cl)cc4cn[nH]c34)CC2)cc1. The van der Waals surface area contributed by atoms with Gasteiger partial charge in [0, 0.05) is 34.7 Å². The number of aryl methyl sites for hydroxylation is 1. The topological polar surface area (TPSA) is 81.2 Å². The molecule has 1 unspecified atom stereocenters. The van der Waals surface area contributed by atoms with E-state index in [4.69, 9.17) is 11.6 Å². The Morgan fingerprint density at radius 1 is 1.21 bits per heavy atom. The molecule has 7 heteroatoms. The van der Waals surface area contributed by atoms with Crippen LogP contribution in [0, 0.1) is 18.3 Å². The first-order chi connectivity index (χ1) is 15.8. The lowest BCUT2D eigenvalue weighted by atomic mass is 9.68. The Morgan fingerprint density at radius 3 is 2.48 bits per heavy atom. The lowest BCUT2D eigenvalue weighted by Crippen LogP contribution is -2.45. The molecule has 1 aliphatic heterocycles. The summed E-state index contributed by atoms with van der Waals surface area (Å²) in [5.74, 6) is 0.267. The standard InChI is InChI=1S/C24H29ClN4O2.C2H6/c1-15-4-6-19(7-5-15)27-23(31)29-10-8-17(9-11-29)24(2,3)22(30)20-13-18(25)12-16-14-26-28-21(16)20;1-2/h4-7,12-14,17,22,30H,8-11H2,1-3H3,(H,26,28)(H,27,31);1-2H3. The highest BCUT2D eigenvalue weighted by Gasteiger charge is 2.40. The third kappa shape index (κ3) is 5.50. The molecule has 1 fully saturated rings. The highest BCUT2D eigenvalue weighted by atomic mass is 35.5. The number of amides is 2. The summed E-state index contributed by atoms with van der Waals surface area (Å²) in [5, 5.41) is 22.9. The lowest BCUT2D eigenvalue weighted by molar-refractivity contribution is -0.0138. The molecule has 178 valence electrons. The fourth-order valence-corrected chi connectivity index (χ4v) is 4.79. The molecule has 0 aliphatic carbocycles. The Morgan fingerprint density at radius 2 is 1.85 bits per heavy atom. The summed E-state index contributed by atoms with van der Waals surface area (Å²) in [5.41, 5.74) is 3.16. The zero-order valence-corrected chi connectivity index (χ0v) is 20.9. The van der Waals surface area contributed by atoms with E-state index in [9.17, 15) is 9.90 Å². The average molecular weight is 471 g/mol. The van der Waals surface area contributed by atoms with Gasteiger partial charge in [-0.1, -0.05) is 57.0 Å². The number of fused-ring (bicyclic) bond motifs is 1. The van der Waals surface area contributed by atoms with Gasteiger partial charge in [-0.3, -0.25) is 5.10 Å². The number of piperidine rings is 1. The number of nitrogens with one attached hydrogen (secondary N) is 2. The van der Waals surface area contributed by atoms with Crippen LogP contribution in [-0.2, 0) is 0 Å². The minimum Gasteiger partial charge on any atom is -0.388 e. The summed E-state index contributed by atoms with van der Waals surface area (Å²) in [7, 11) is 0. The maximum absolute atomic E-state index is 12.7. The summed E-state index contributed by atoms with van der Waals surface area (Å²) in [6.07, 6.45) is 2.68. The van der Waals surface area contributed by atoms with Gasteiger partial charge < -0.3 is 15.3 Å². The summed E-state index contributed by atoms with van der Waals surface area (Å²) in [6.45, 7) is 11.5. The lowest BCUT2D eigenvalue weighted by Gasteiger charge is -2.43. The zero-order chi connectivity index (χ0) is 24.2. The van der Waals surface area contributed by atoms with E-state index < -0.39 is 6.10 Å². The molecular weight excluding hydrogens is 436 g/mol. The molecule has 2 amide bonds. The summed E-state index contributed by atoms with van der Waals surface area (Å²) >= 11 is 6.29. The maximum atomic E-state index is 12.7. The van der Waals surface area contributed by atoms with Crippen molar-refractivity contribution < 1.29 is 9.90 Å². The van der Waals surface area contributed by atoms with Gasteiger partial charge in [-0.05, 0) is 55.4 Å². The number of aliphatic hydroxyl groups is 1. The van der Waals surface area contributed by atoms with Gasteiger partial charge in [0.05, 0.1) is 17.8 Å². The average Bonchev–Trinajstić information content (AvgIpc) is 3.29. The number of urea groups is 1. The van der Waals surface area contributed by atoms with E-state index in [1.165, 1.54) is 0 Å². The molecule has 2 heterocycles. The van der Waals surface area contributed by atoms with Crippen LogP contribution in [0.15, 0.2) is 42.6 Å². The molecule has 0 bridgehead atoms. The van der Waals surface area contributed by atoms with Crippen molar-refractivity contribution in [3.05, 3.63) is 58.7 Å². The van der Waals surface area contributed by atoms with Gasteiger partial charge in [-0.2, -0.15) is 5.10 Å². The Kier molecular flexibility index (Phi) is 8.03. The van der Waals surface area contributed by atoms with Gasteiger partial charge in [0.15, 0.2) is 0 Å². The van der Waals surface area contributed by atoms with Gasteiger partial charge in [-0.15, -0.1) is 0 Å². The monoisotopic (exact) mass is 470 g/mol. The number of nitrogens with zero attached hydrogens (tertiary/aromatic N) is 2. The van der Waals surface area contributed by atoms with Crippen molar-refractivity contribution in [3.63, 3.8) is 0 Å². The first kappa shape index (κ1) is 25.1. The molecule has 2 aromatic carbocycles. The maximum Gasteiger partial charge on any atom is 0.321 e. The minimum atomic E-state index is -0.702. The highest BCUT2D eigenvalue weighted by molar-refractivity contribution is 6.31.